The van der Waals surface area contributed by atoms with E-state index in [0.29, 0.717) is 23.0 Å². The number of hydrogen-bond acceptors (Lipinski definition) is 3. The molecule has 1 atom stereocenters. The van der Waals surface area contributed by atoms with Crippen molar-refractivity contribution in [2.45, 2.75) is 19.8 Å². The summed E-state index contributed by atoms with van der Waals surface area (Å²) >= 11 is 0. The van der Waals surface area contributed by atoms with E-state index < -0.39 is 0 Å². The molecule has 0 saturated carbocycles. The minimum atomic E-state index is -0.266. The molecule has 0 aliphatic carbocycles. The Balaban J connectivity index is 2.30. The number of nitrogens with two attached hydrogens (primary N) is 1. The highest BCUT2D eigenvalue weighted by Crippen LogP contribution is 2.32. The van der Waals surface area contributed by atoms with E-state index in [-0.39, 0.29) is 5.82 Å². The van der Waals surface area contributed by atoms with Crippen molar-refractivity contribution in [2.75, 3.05) is 30.8 Å². The van der Waals surface area contributed by atoms with E-state index in [9.17, 15) is 4.39 Å². The van der Waals surface area contributed by atoms with Gasteiger partial charge in [0.2, 0.25) is 0 Å². The third-order valence-corrected chi connectivity index (χ3v) is 3.30. The largest absolute Gasteiger partial charge is 0.495 e. The number of nitrogens with zero attached hydrogens (tertiary/aromatic N) is 1. The average Bonchev–Trinajstić information content (AvgIpc) is 2.29. The molecule has 0 amide bonds. The molecule has 1 aromatic carbocycles. The Morgan fingerprint density at radius 3 is 2.88 bits per heavy atom. The molecule has 1 saturated heterocycles. The van der Waals surface area contributed by atoms with E-state index in [4.69, 9.17) is 10.5 Å². The Morgan fingerprint density at radius 2 is 2.24 bits per heavy atom. The maximum absolute atomic E-state index is 13.9. The van der Waals surface area contributed by atoms with Crippen LogP contribution in [0.5, 0.6) is 5.75 Å². The number of benzene rings is 1. The maximum atomic E-state index is 13.9. The van der Waals surface area contributed by atoms with E-state index in [2.05, 4.69) is 11.8 Å². The van der Waals surface area contributed by atoms with Crippen molar-refractivity contribution in [2.24, 2.45) is 5.92 Å². The van der Waals surface area contributed by atoms with Crippen LogP contribution in [0.3, 0.4) is 0 Å². The lowest BCUT2D eigenvalue weighted by molar-refractivity contribution is 0.413. The lowest BCUT2D eigenvalue weighted by Gasteiger charge is -2.33. The van der Waals surface area contributed by atoms with Gasteiger partial charge in [-0.25, -0.2) is 4.39 Å². The molecule has 94 valence electrons. The van der Waals surface area contributed by atoms with Gasteiger partial charge in [0.05, 0.1) is 18.5 Å². The Labute approximate surface area is 101 Å². The van der Waals surface area contributed by atoms with Gasteiger partial charge in [0.25, 0.3) is 0 Å². The molecule has 1 aliphatic heterocycles. The molecule has 1 aliphatic rings. The van der Waals surface area contributed by atoms with Crippen molar-refractivity contribution < 1.29 is 9.13 Å². The second-order valence-electron chi connectivity index (χ2n) is 4.74. The van der Waals surface area contributed by atoms with Crippen LogP contribution in [-0.2, 0) is 0 Å². The fourth-order valence-corrected chi connectivity index (χ4v) is 2.39. The quantitative estimate of drug-likeness (QED) is 0.805. The summed E-state index contributed by atoms with van der Waals surface area (Å²) in [7, 11) is 1.55. The molecule has 1 fully saturated rings. The lowest BCUT2D eigenvalue weighted by Crippen LogP contribution is -2.34. The first-order chi connectivity index (χ1) is 8.11. The zero-order chi connectivity index (χ0) is 12.4. The molecular weight excluding hydrogens is 219 g/mol. The van der Waals surface area contributed by atoms with Crippen LogP contribution >= 0.6 is 0 Å². The summed E-state index contributed by atoms with van der Waals surface area (Å²) in [5.41, 5.74) is 6.62. The smallest absolute Gasteiger partial charge is 0.148 e. The third kappa shape index (κ3) is 2.46. The summed E-state index contributed by atoms with van der Waals surface area (Å²) in [6.45, 7) is 3.98. The first kappa shape index (κ1) is 12.0. The van der Waals surface area contributed by atoms with Crippen LogP contribution < -0.4 is 15.4 Å². The van der Waals surface area contributed by atoms with E-state index in [1.165, 1.54) is 12.5 Å². The topological polar surface area (TPSA) is 38.5 Å². The van der Waals surface area contributed by atoms with Gasteiger partial charge < -0.3 is 15.4 Å². The van der Waals surface area contributed by atoms with Crippen molar-refractivity contribution in [3.63, 3.8) is 0 Å². The number of anilines is 2. The number of rotatable bonds is 2. The summed E-state index contributed by atoms with van der Waals surface area (Å²) in [4.78, 5) is 2.07. The molecule has 0 spiro atoms. The number of methoxy groups -OCH3 is 1. The molecule has 3 nitrogen and oxygen atoms in total. The molecular formula is C13H19FN2O. The number of piperidine rings is 1. The first-order valence-corrected chi connectivity index (χ1v) is 5.99. The maximum Gasteiger partial charge on any atom is 0.148 e. The molecule has 2 rings (SSSR count). The number of ether oxygens (including phenoxy) is 1. The molecule has 17 heavy (non-hydrogen) atoms. The van der Waals surface area contributed by atoms with Gasteiger partial charge in [-0.15, -0.1) is 0 Å². The summed E-state index contributed by atoms with van der Waals surface area (Å²) < 4.78 is 19.0. The van der Waals surface area contributed by atoms with Gasteiger partial charge in [-0.05, 0) is 18.8 Å². The second-order valence-corrected chi connectivity index (χ2v) is 4.74. The van der Waals surface area contributed by atoms with Crippen molar-refractivity contribution in [3.05, 3.63) is 17.9 Å². The van der Waals surface area contributed by atoms with Crippen molar-refractivity contribution in [1.29, 1.82) is 0 Å². The minimum Gasteiger partial charge on any atom is -0.495 e. The fraction of sp³-hybridized carbons (Fsp3) is 0.538. The van der Waals surface area contributed by atoms with Gasteiger partial charge in [-0.2, -0.15) is 0 Å². The monoisotopic (exact) mass is 238 g/mol. The zero-order valence-corrected chi connectivity index (χ0v) is 10.4. The van der Waals surface area contributed by atoms with Crippen molar-refractivity contribution in [3.8, 4) is 5.75 Å². The molecule has 1 aromatic rings. The highest BCUT2D eigenvalue weighted by molar-refractivity contribution is 5.63. The molecule has 1 heterocycles. The molecule has 2 N–H and O–H groups in total. The van der Waals surface area contributed by atoms with E-state index in [1.807, 2.05) is 0 Å². The fourth-order valence-electron chi connectivity index (χ4n) is 2.39. The number of halogens is 1. The lowest BCUT2D eigenvalue weighted by atomic mass is 9.99. The normalized spacial score (nSPS) is 20.4. The van der Waals surface area contributed by atoms with Crippen LogP contribution in [-0.4, -0.2) is 20.2 Å². The number of hydrogen-bond donors (Lipinski definition) is 1. The predicted molar refractivity (Wildman–Crippen MR) is 68.0 cm³/mol. The predicted octanol–water partition coefficient (Wildman–Crippen LogP) is 2.65. The summed E-state index contributed by atoms with van der Waals surface area (Å²) in [5, 5.41) is 0. The van der Waals surface area contributed by atoms with E-state index >= 15 is 0 Å². The van der Waals surface area contributed by atoms with E-state index in [0.717, 1.165) is 19.5 Å². The first-order valence-electron chi connectivity index (χ1n) is 5.99. The summed E-state index contributed by atoms with van der Waals surface area (Å²) in [6, 6.07) is 3.04. The van der Waals surface area contributed by atoms with Crippen molar-refractivity contribution >= 4 is 11.4 Å². The Morgan fingerprint density at radius 1 is 1.47 bits per heavy atom. The summed E-state index contributed by atoms with van der Waals surface area (Å²) in [6.07, 6.45) is 2.32. The van der Waals surface area contributed by atoms with Gasteiger partial charge in [-0.1, -0.05) is 6.92 Å². The molecule has 0 radical (unpaired) electrons. The van der Waals surface area contributed by atoms with Gasteiger partial charge in [0.1, 0.15) is 11.6 Å². The van der Waals surface area contributed by atoms with Gasteiger partial charge in [-0.3, -0.25) is 0 Å². The van der Waals surface area contributed by atoms with Crippen LogP contribution in [0, 0.1) is 11.7 Å². The second kappa shape index (κ2) is 4.82. The minimum absolute atomic E-state index is 0.266. The summed E-state index contributed by atoms with van der Waals surface area (Å²) in [5.74, 6) is 0.878. The Kier molecular flexibility index (Phi) is 3.41. The van der Waals surface area contributed by atoms with Crippen LogP contribution in [0.2, 0.25) is 0 Å². The zero-order valence-electron chi connectivity index (χ0n) is 10.4. The highest BCUT2D eigenvalue weighted by Gasteiger charge is 2.20. The number of nitrogen functional groups attached to an aromatic ring is 1. The molecule has 0 bridgehead atoms. The van der Waals surface area contributed by atoms with Crippen LogP contribution in [0.1, 0.15) is 19.8 Å². The van der Waals surface area contributed by atoms with Crippen LogP contribution in [0.25, 0.3) is 0 Å². The SMILES string of the molecule is COc1cc(N2CCCC(C)C2)c(F)cc1N. The molecule has 1 unspecified atom stereocenters. The molecule has 0 aromatic heterocycles. The van der Waals surface area contributed by atoms with Gasteiger partial charge in [0, 0.05) is 25.2 Å². The van der Waals surface area contributed by atoms with Crippen LogP contribution in [0.4, 0.5) is 15.8 Å². The third-order valence-electron chi connectivity index (χ3n) is 3.30. The Hall–Kier alpha value is -1.45. The highest BCUT2D eigenvalue weighted by atomic mass is 19.1. The van der Waals surface area contributed by atoms with E-state index in [1.54, 1.807) is 13.2 Å². The molecule has 4 heteroatoms. The van der Waals surface area contributed by atoms with Gasteiger partial charge in [0.15, 0.2) is 0 Å². The van der Waals surface area contributed by atoms with Gasteiger partial charge >= 0.3 is 0 Å². The average molecular weight is 238 g/mol. The van der Waals surface area contributed by atoms with Crippen LogP contribution in [0.15, 0.2) is 12.1 Å². The standard InChI is InChI=1S/C13H19FN2O/c1-9-4-3-5-16(8-9)12-7-13(17-2)11(15)6-10(12)14/h6-7,9H,3-5,8,15H2,1-2H3. The van der Waals surface area contributed by atoms with Crippen molar-refractivity contribution in [1.82, 2.24) is 0 Å². The Bertz CT molecular complexity index is 409.